The zero-order chi connectivity index (χ0) is 14.9. The highest BCUT2D eigenvalue weighted by atomic mass is 16.9. The Morgan fingerprint density at radius 3 is 2.81 bits per heavy atom. The lowest BCUT2D eigenvalue weighted by Gasteiger charge is -2.43. The standard InChI is InChI=1S/C16H22N2O3/c1-3-4-5-6-9-19-12-7-8-14-13(10-12)15(17)18-16(14)20-11(2)21-16/h7-8,10-11H,3-6,9H2,1-2H3,(H2,17,18). The first kappa shape index (κ1) is 14.4. The number of benzene rings is 1. The van der Waals surface area contributed by atoms with Crippen LogP contribution in [0.3, 0.4) is 0 Å². The number of ether oxygens (including phenoxy) is 3. The molecule has 1 spiro atoms. The summed E-state index contributed by atoms with van der Waals surface area (Å²) in [5, 5.41) is 11.0. The first-order chi connectivity index (χ1) is 10.1. The van der Waals surface area contributed by atoms with Crippen LogP contribution in [-0.4, -0.2) is 18.7 Å². The fraction of sp³-hybridized carbons (Fsp3) is 0.562. The third-order valence-electron chi connectivity index (χ3n) is 3.83. The van der Waals surface area contributed by atoms with Gasteiger partial charge >= 0.3 is 0 Å². The molecule has 3 rings (SSSR count). The molecule has 0 saturated carbocycles. The van der Waals surface area contributed by atoms with Crippen LogP contribution >= 0.6 is 0 Å². The van der Waals surface area contributed by atoms with Gasteiger partial charge in [0.25, 0.3) is 5.91 Å². The molecule has 1 fully saturated rings. The smallest absolute Gasteiger partial charge is 0.284 e. The molecule has 21 heavy (non-hydrogen) atoms. The fourth-order valence-electron chi connectivity index (χ4n) is 2.79. The minimum absolute atomic E-state index is 0.245. The summed E-state index contributed by atoms with van der Waals surface area (Å²) in [6, 6.07) is 5.71. The highest BCUT2D eigenvalue weighted by Crippen LogP contribution is 2.42. The van der Waals surface area contributed by atoms with Gasteiger partial charge < -0.3 is 10.1 Å². The van der Waals surface area contributed by atoms with Crippen LogP contribution in [0.5, 0.6) is 5.75 Å². The van der Waals surface area contributed by atoms with Gasteiger partial charge in [-0.05, 0) is 31.5 Å². The molecule has 2 N–H and O–H groups in total. The highest BCUT2D eigenvalue weighted by molar-refractivity contribution is 6.01. The summed E-state index contributed by atoms with van der Waals surface area (Å²) in [4.78, 5) is 0. The minimum Gasteiger partial charge on any atom is -0.494 e. The maximum absolute atomic E-state index is 8.03. The molecule has 114 valence electrons. The monoisotopic (exact) mass is 290 g/mol. The molecule has 2 heterocycles. The lowest BCUT2D eigenvalue weighted by atomic mass is 10.1. The zero-order valence-corrected chi connectivity index (χ0v) is 12.6. The molecule has 0 atom stereocenters. The minimum atomic E-state index is -0.953. The Hall–Kier alpha value is -1.59. The number of hydrogen-bond acceptors (Lipinski definition) is 4. The van der Waals surface area contributed by atoms with Gasteiger partial charge in [-0.15, -0.1) is 0 Å². The lowest BCUT2D eigenvalue weighted by molar-refractivity contribution is -0.461. The SMILES string of the molecule is CCCCCCOc1ccc2c(c1)C(=N)NC21OC(C)O1. The van der Waals surface area contributed by atoms with Gasteiger partial charge in [0.05, 0.1) is 6.61 Å². The second-order valence-electron chi connectivity index (χ2n) is 5.54. The van der Waals surface area contributed by atoms with E-state index < -0.39 is 5.91 Å². The Morgan fingerprint density at radius 2 is 2.10 bits per heavy atom. The van der Waals surface area contributed by atoms with E-state index in [4.69, 9.17) is 19.6 Å². The molecule has 1 aromatic carbocycles. The zero-order valence-electron chi connectivity index (χ0n) is 12.6. The Bertz CT molecular complexity index is 538. The molecule has 5 nitrogen and oxygen atoms in total. The van der Waals surface area contributed by atoms with E-state index >= 15 is 0 Å². The van der Waals surface area contributed by atoms with E-state index in [-0.39, 0.29) is 6.29 Å². The van der Waals surface area contributed by atoms with Gasteiger partial charge in [0.1, 0.15) is 11.6 Å². The molecule has 0 aromatic heterocycles. The van der Waals surface area contributed by atoms with Gasteiger partial charge in [0, 0.05) is 11.1 Å². The Labute approximate surface area is 125 Å². The maximum Gasteiger partial charge on any atom is 0.284 e. The van der Waals surface area contributed by atoms with E-state index in [1.54, 1.807) is 0 Å². The summed E-state index contributed by atoms with van der Waals surface area (Å²) >= 11 is 0. The average molecular weight is 290 g/mol. The van der Waals surface area contributed by atoms with E-state index in [1.807, 2.05) is 25.1 Å². The molecule has 2 aliphatic heterocycles. The largest absolute Gasteiger partial charge is 0.494 e. The fourth-order valence-corrected chi connectivity index (χ4v) is 2.79. The molecule has 1 saturated heterocycles. The molecular weight excluding hydrogens is 268 g/mol. The number of amidine groups is 1. The Balaban J connectivity index is 1.65. The number of hydrogen-bond donors (Lipinski definition) is 2. The van der Waals surface area contributed by atoms with Crippen molar-refractivity contribution in [3.8, 4) is 5.75 Å². The number of unbranched alkanes of at least 4 members (excludes halogenated alkanes) is 3. The van der Waals surface area contributed by atoms with Crippen molar-refractivity contribution in [3.63, 3.8) is 0 Å². The Kier molecular flexibility index (Phi) is 3.87. The van der Waals surface area contributed by atoms with Crippen molar-refractivity contribution < 1.29 is 14.2 Å². The van der Waals surface area contributed by atoms with Crippen molar-refractivity contribution in [2.24, 2.45) is 0 Å². The van der Waals surface area contributed by atoms with Gasteiger partial charge in [-0.25, -0.2) is 0 Å². The van der Waals surface area contributed by atoms with E-state index in [0.29, 0.717) is 12.4 Å². The van der Waals surface area contributed by atoms with Crippen molar-refractivity contribution >= 4 is 5.84 Å². The van der Waals surface area contributed by atoms with E-state index in [2.05, 4.69) is 12.2 Å². The first-order valence-electron chi connectivity index (χ1n) is 7.64. The quantitative estimate of drug-likeness (QED) is 0.790. The van der Waals surface area contributed by atoms with Crippen LogP contribution in [0.4, 0.5) is 0 Å². The molecule has 0 radical (unpaired) electrons. The van der Waals surface area contributed by atoms with Gasteiger partial charge in [0.2, 0.25) is 0 Å². The van der Waals surface area contributed by atoms with Gasteiger partial charge in [-0.3, -0.25) is 14.9 Å². The molecule has 1 aromatic rings. The maximum atomic E-state index is 8.03. The molecular formula is C16H22N2O3. The predicted molar refractivity (Wildman–Crippen MR) is 79.4 cm³/mol. The summed E-state index contributed by atoms with van der Waals surface area (Å²) in [6.07, 6.45) is 4.49. The molecule has 2 aliphatic rings. The van der Waals surface area contributed by atoms with E-state index in [1.165, 1.54) is 19.3 Å². The number of fused-ring (bicyclic) bond motifs is 2. The van der Waals surface area contributed by atoms with Crippen molar-refractivity contribution in [3.05, 3.63) is 29.3 Å². The van der Waals surface area contributed by atoms with Crippen LogP contribution in [0.1, 0.15) is 50.7 Å². The van der Waals surface area contributed by atoms with E-state index in [0.717, 1.165) is 23.3 Å². The topological polar surface area (TPSA) is 63.6 Å². The van der Waals surface area contributed by atoms with E-state index in [9.17, 15) is 0 Å². The highest BCUT2D eigenvalue weighted by Gasteiger charge is 2.53. The summed E-state index contributed by atoms with van der Waals surface area (Å²) in [5.41, 5.74) is 1.64. The van der Waals surface area contributed by atoms with Crippen LogP contribution in [-0.2, 0) is 15.4 Å². The molecule has 0 bridgehead atoms. The van der Waals surface area contributed by atoms with Crippen LogP contribution < -0.4 is 10.1 Å². The number of rotatable bonds is 6. The van der Waals surface area contributed by atoms with Crippen molar-refractivity contribution in [1.82, 2.24) is 5.32 Å². The van der Waals surface area contributed by atoms with Crippen molar-refractivity contribution in [2.75, 3.05) is 6.61 Å². The lowest BCUT2D eigenvalue weighted by Crippen LogP contribution is -2.57. The normalized spacial score (nSPS) is 26.4. The van der Waals surface area contributed by atoms with Gasteiger partial charge in [0.15, 0.2) is 6.29 Å². The summed E-state index contributed by atoms with van der Waals surface area (Å²) in [6.45, 7) is 4.75. The van der Waals surface area contributed by atoms with Crippen molar-refractivity contribution in [2.45, 2.75) is 51.7 Å². The summed E-state index contributed by atoms with van der Waals surface area (Å²) < 4.78 is 17.0. The second kappa shape index (κ2) is 5.66. The van der Waals surface area contributed by atoms with Crippen LogP contribution in [0.25, 0.3) is 0 Å². The van der Waals surface area contributed by atoms with Crippen LogP contribution in [0.15, 0.2) is 18.2 Å². The number of nitrogens with one attached hydrogen (secondary N) is 2. The Morgan fingerprint density at radius 1 is 1.29 bits per heavy atom. The predicted octanol–water partition coefficient (Wildman–Crippen LogP) is 3.08. The average Bonchev–Trinajstić information content (AvgIpc) is 2.72. The molecule has 0 amide bonds. The molecule has 5 heteroatoms. The summed E-state index contributed by atoms with van der Waals surface area (Å²) in [7, 11) is 0. The van der Waals surface area contributed by atoms with Crippen LogP contribution in [0.2, 0.25) is 0 Å². The third-order valence-corrected chi connectivity index (χ3v) is 3.83. The molecule has 0 unspecified atom stereocenters. The van der Waals surface area contributed by atoms with Gasteiger partial charge in [-0.1, -0.05) is 26.2 Å². The third kappa shape index (κ3) is 2.63. The van der Waals surface area contributed by atoms with Gasteiger partial charge in [-0.2, -0.15) is 0 Å². The van der Waals surface area contributed by atoms with Crippen LogP contribution in [0, 0.1) is 5.41 Å². The molecule has 0 aliphatic carbocycles. The second-order valence-corrected chi connectivity index (χ2v) is 5.54. The van der Waals surface area contributed by atoms with Crippen molar-refractivity contribution in [1.29, 1.82) is 5.41 Å². The summed E-state index contributed by atoms with van der Waals surface area (Å²) in [5.74, 6) is 0.153. The first-order valence-corrected chi connectivity index (χ1v) is 7.64.